The Bertz CT molecular complexity index is 1530. The summed E-state index contributed by atoms with van der Waals surface area (Å²) in [5.41, 5.74) is 8.96. The van der Waals surface area contributed by atoms with Crippen molar-refractivity contribution in [3.63, 3.8) is 0 Å². The number of rotatable bonds is 6. The Balaban J connectivity index is 1.13. The van der Waals surface area contributed by atoms with Crippen LogP contribution in [0.15, 0.2) is 59.6 Å². The van der Waals surface area contributed by atoms with Gasteiger partial charge in [-0.25, -0.2) is 4.39 Å². The number of carbonyl (C=O) groups is 2. The van der Waals surface area contributed by atoms with Crippen LogP contribution in [0.25, 0.3) is 21.9 Å². The Morgan fingerprint density at radius 2 is 1.68 bits per heavy atom. The van der Waals surface area contributed by atoms with Gasteiger partial charge in [0, 0.05) is 37.7 Å². The molecular weight excluding hydrogens is 479 g/mol. The Kier molecular flexibility index (Phi) is 5.08. The number of benzene rings is 3. The number of hydrogen-bond donors (Lipinski definition) is 1. The number of alkyl halides is 1. The lowest BCUT2D eigenvalue weighted by Crippen LogP contribution is -2.57. The molecule has 0 atom stereocenters. The number of amides is 2. The SMILES string of the molecule is Cc1cc(-c2ccc3cc(CN)ccc3c2)ccc1C1=NC2(CC2)C(=O)N1CC1CN(C(=O)C2(F)CC2)C1. The first-order chi connectivity index (χ1) is 18.3. The molecule has 2 N–H and O–H groups in total. The quantitative estimate of drug-likeness (QED) is 0.535. The molecule has 1 saturated heterocycles. The molecule has 0 bridgehead atoms. The van der Waals surface area contributed by atoms with Gasteiger partial charge in [0.05, 0.1) is 0 Å². The van der Waals surface area contributed by atoms with Crippen molar-refractivity contribution in [2.75, 3.05) is 19.6 Å². The molecule has 3 aromatic carbocycles. The van der Waals surface area contributed by atoms with E-state index in [9.17, 15) is 14.0 Å². The largest absolute Gasteiger partial charge is 0.339 e. The minimum absolute atomic E-state index is 0.0660. The van der Waals surface area contributed by atoms with Gasteiger partial charge < -0.3 is 10.6 Å². The standard InChI is InChI=1S/C31H31FN4O2/c1-19-12-22(25-5-4-23-13-20(15-33)2-3-24(23)14-25)6-7-26(19)27-34-31(10-11-31)29(38)36(27)18-21-16-35(17-21)28(37)30(32)8-9-30/h2-7,12-14,21H,8-11,15-18,33H2,1H3. The number of amidine groups is 1. The second kappa shape index (κ2) is 8.21. The fraction of sp³-hybridized carbons (Fsp3) is 0.387. The third-order valence-electron chi connectivity index (χ3n) is 8.64. The number of fused-ring (bicyclic) bond motifs is 1. The highest BCUT2D eigenvalue weighted by atomic mass is 19.1. The van der Waals surface area contributed by atoms with Crippen LogP contribution >= 0.6 is 0 Å². The third-order valence-corrected chi connectivity index (χ3v) is 8.64. The maximum absolute atomic E-state index is 14.2. The summed E-state index contributed by atoms with van der Waals surface area (Å²) in [5, 5.41) is 2.34. The zero-order valence-electron chi connectivity index (χ0n) is 21.5. The topological polar surface area (TPSA) is 79.0 Å². The molecular formula is C31H31FN4O2. The Morgan fingerprint density at radius 3 is 2.37 bits per heavy atom. The molecule has 2 amide bonds. The van der Waals surface area contributed by atoms with Crippen molar-refractivity contribution in [1.82, 2.24) is 9.80 Å². The normalized spacial score (nSPS) is 21.1. The first-order valence-electron chi connectivity index (χ1n) is 13.5. The van der Waals surface area contributed by atoms with Gasteiger partial charge in [0.1, 0.15) is 11.4 Å². The molecule has 0 aromatic heterocycles. The van der Waals surface area contributed by atoms with Crippen LogP contribution in [0, 0.1) is 12.8 Å². The second-order valence-electron chi connectivity index (χ2n) is 11.6. The summed E-state index contributed by atoms with van der Waals surface area (Å²) < 4.78 is 14.2. The van der Waals surface area contributed by atoms with Crippen molar-refractivity contribution < 1.29 is 14.0 Å². The number of aryl methyl sites for hydroxylation is 1. The molecule has 7 rings (SSSR count). The van der Waals surface area contributed by atoms with Gasteiger partial charge in [-0.2, -0.15) is 0 Å². The highest BCUT2D eigenvalue weighted by molar-refractivity contribution is 6.17. The molecule has 2 heterocycles. The van der Waals surface area contributed by atoms with Crippen LogP contribution in [0.1, 0.15) is 42.4 Å². The van der Waals surface area contributed by atoms with Crippen molar-refractivity contribution in [2.45, 2.75) is 50.4 Å². The smallest absolute Gasteiger partial charge is 0.260 e. The Labute approximate surface area is 221 Å². The van der Waals surface area contributed by atoms with Crippen LogP contribution in [0.4, 0.5) is 4.39 Å². The number of carbonyl (C=O) groups excluding carboxylic acids is 2. The average molecular weight is 511 g/mol. The van der Waals surface area contributed by atoms with Crippen LogP contribution < -0.4 is 5.73 Å². The summed E-state index contributed by atoms with van der Waals surface area (Å²) in [4.78, 5) is 34.0. The lowest BCUT2D eigenvalue weighted by molar-refractivity contribution is -0.145. The molecule has 38 heavy (non-hydrogen) atoms. The molecule has 3 fully saturated rings. The minimum Gasteiger partial charge on any atom is -0.339 e. The third kappa shape index (κ3) is 3.75. The number of nitrogens with two attached hydrogens (primary N) is 1. The van der Waals surface area contributed by atoms with Crippen LogP contribution in [-0.4, -0.2) is 58.3 Å². The van der Waals surface area contributed by atoms with E-state index in [0.29, 0.717) is 39.0 Å². The van der Waals surface area contributed by atoms with E-state index in [0.717, 1.165) is 46.5 Å². The lowest BCUT2D eigenvalue weighted by Gasteiger charge is -2.41. The summed E-state index contributed by atoms with van der Waals surface area (Å²) in [6.45, 7) is 4.11. The van der Waals surface area contributed by atoms with E-state index in [1.807, 2.05) is 4.90 Å². The zero-order valence-corrected chi connectivity index (χ0v) is 21.5. The summed E-state index contributed by atoms with van der Waals surface area (Å²) in [7, 11) is 0. The minimum atomic E-state index is -1.63. The van der Waals surface area contributed by atoms with E-state index >= 15 is 0 Å². The van der Waals surface area contributed by atoms with Gasteiger partial charge in [-0.3, -0.25) is 19.5 Å². The fourth-order valence-electron chi connectivity index (χ4n) is 5.89. The maximum atomic E-state index is 14.2. The molecule has 2 saturated carbocycles. The van der Waals surface area contributed by atoms with Crippen LogP contribution in [-0.2, 0) is 16.1 Å². The van der Waals surface area contributed by atoms with Crippen LogP contribution in [0.3, 0.4) is 0 Å². The van der Waals surface area contributed by atoms with Crippen molar-refractivity contribution in [3.8, 4) is 11.1 Å². The van der Waals surface area contributed by atoms with E-state index in [4.69, 9.17) is 10.7 Å². The predicted octanol–water partition coefficient (Wildman–Crippen LogP) is 4.36. The fourth-order valence-corrected chi connectivity index (χ4v) is 5.89. The van der Waals surface area contributed by atoms with Crippen molar-refractivity contribution >= 4 is 28.4 Å². The van der Waals surface area contributed by atoms with Crippen LogP contribution in [0.5, 0.6) is 0 Å². The highest BCUT2D eigenvalue weighted by Gasteiger charge is 2.59. The van der Waals surface area contributed by atoms with Crippen molar-refractivity contribution in [3.05, 3.63) is 71.3 Å². The number of nitrogens with zero attached hydrogens (tertiary/aromatic N) is 3. The van der Waals surface area contributed by atoms with Crippen molar-refractivity contribution in [2.24, 2.45) is 16.6 Å². The molecule has 4 aliphatic rings. The highest BCUT2D eigenvalue weighted by Crippen LogP contribution is 2.47. The van der Waals surface area contributed by atoms with E-state index in [2.05, 4.69) is 61.5 Å². The van der Waals surface area contributed by atoms with Gasteiger partial charge in [-0.05, 0) is 77.8 Å². The average Bonchev–Trinajstić information content (AvgIpc) is 3.82. The monoisotopic (exact) mass is 510 g/mol. The Hall–Kier alpha value is -3.58. The molecule has 194 valence electrons. The van der Waals surface area contributed by atoms with Gasteiger partial charge in [-0.15, -0.1) is 0 Å². The molecule has 0 unspecified atom stereocenters. The van der Waals surface area contributed by atoms with E-state index in [1.165, 1.54) is 10.8 Å². The molecule has 7 heteroatoms. The van der Waals surface area contributed by atoms with Gasteiger partial charge in [-0.1, -0.05) is 42.5 Å². The Morgan fingerprint density at radius 1 is 1.00 bits per heavy atom. The van der Waals surface area contributed by atoms with E-state index < -0.39 is 11.2 Å². The predicted molar refractivity (Wildman–Crippen MR) is 145 cm³/mol. The van der Waals surface area contributed by atoms with Gasteiger partial charge in [0.25, 0.3) is 11.8 Å². The van der Waals surface area contributed by atoms with Gasteiger partial charge in [0.15, 0.2) is 5.67 Å². The number of halogens is 1. The first-order valence-corrected chi connectivity index (χ1v) is 13.5. The number of aliphatic imine (C=N–C) groups is 1. The molecule has 1 spiro atoms. The molecule has 2 aliphatic heterocycles. The molecule has 6 nitrogen and oxygen atoms in total. The summed E-state index contributed by atoms with van der Waals surface area (Å²) in [6.07, 6.45) is 2.23. The number of hydrogen-bond acceptors (Lipinski definition) is 4. The van der Waals surface area contributed by atoms with Crippen molar-refractivity contribution in [1.29, 1.82) is 0 Å². The maximum Gasteiger partial charge on any atom is 0.260 e. The van der Waals surface area contributed by atoms with Gasteiger partial charge in [0.2, 0.25) is 0 Å². The summed E-state index contributed by atoms with van der Waals surface area (Å²) >= 11 is 0. The summed E-state index contributed by atoms with van der Waals surface area (Å²) in [6, 6.07) is 19.1. The summed E-state index contributed by atoms with van der Waals surface area (Å²) in [5.74, 6) is 0.560. The van der Waals surface area contributed by atoms with Crippen LogP contribution in [0.2, 0.25) is 0 Å². The van der Waals surface area contributed by atoms with Gasteiger partial charge >= 0.3 is 0 Å². The zero-order chi connectivity index (χ0) is 26.2. The molecule has 3 aromatic rings. The molecule has 0 radical (unpaired) electrons. The lowest BCUT2D eigenvalue weighted by atomic mass is 9.95. The first kappa shape index (κ1) is 23.5. The van der Waals surface area contributed by atoms with E-state index in [1.54, 1.807) is 4.90 Å². The second-order valence-corrected chi connectivity index (χ2v) is 11.6. The number of likely N-dealkylation sites (tertiary alicyclic amines) is 1. The molecule has 2 aliphatic carbocycles. The van der Waals surface area contributed by atoms with E-state index in [-0.39, 0.29) is 17.7 Å².